The minimum Gasteiger partial charge on any atom is -0.329 e. The number of aryl methyl sites for hydroxylation is 2. The van der Waals surface area contributed by atoms with Crippen LogP contribution in [0, 0.1) is 13.8 Å². The van der Waals surface area contributed by atoms with E-state index in [2.05, 4.69) is 66.4 Å². The molecule has 0 bridgehead atoms. The molecule has 100 valence electrons. The molecule has 0 aliphatic carbocycles. The van der Waals surface area contributed by atoms with E-state index in [1.165, 1.54) is 16.7 Å². The second-order valence-electron chi connectivity index (χ2n) is 4.91. The van der Waals surface area contributed by atoms with Crippen LogP contribution >= 0.6 is 0 Å². The number of rotatable bonds is 4. The Hall–Kier alpha value is -1.87. The minimum atomic E-state index is 0.849. The van der Waals surface area contributed by atoms with Gasteiger partial charge < -0.3 is 10.2 Å². The van der Waals surface area contributed by atoms with E-state index >= 15 is 0 Å². The number of hydrogen-bond donors (Lipinski definition) is 1. The van der Waals surface area contributed by atoms with Crippen molar-refractivity contribution in [3.63, 3.8) is 0 Å². The normalized spacial score (nSPS) is 10.5. The fourth-order valence-electron chi connectivity index (χ4n) is 2.24. The lowest BCUT2D eigenvalue weighted by atomic mass is 10.1. The maximum Gasteiger partial charge on any atom is 0.135 e. The summed E-state index contributed by atoms with van der Waals surface area (Å²) in [6.45, 7) is 5.06. The van der Waals surface area contributed by atoms with E-state index in [1.807, 2.05) is 13.2 Å². The van der Waals surface area contributed by atoms with Gasteiger partial charge >= 0.3 is 0 Å². The van der Waals surface area contributed by atoms with Crippen molar-refractivity contribution in [3.8, 4) is 0 Å². The highest BCUT2D eigenvalue weighted by atomic mass is 15.2. The topological polar surface area (TPSA) is 28.2 Å². The Morgan fingerprint density at radius 2 is 2.00 bits per heavy atom. The number of benzene rings is 1. The molecule has 0 aliphatic rings. The zero-order chi connectivity index (χ0) is 13.8. The van der Waals surface area contributed by atoms with Crippen LogP contribution in [0.2, 0.25) is 0 Å². The van der Waals surface area contributed by atoms with Crippen molar-refractivity contribution in [2.24, 2.45) is 0 Å². The monoisotopic (exact) mass is 255 g/mol. The maximum atomic E-state index is 4.59. The zero-order valence-electron chi connectivity index (χ0n) is 12.1. The largest absolute Gasteiger partial charge is 0.329 e. The number of aromatic nitrogens is 1. The predicted octanol–water partition coefficient (Wildman–Crippen LogP) is 3.19. The van der Waals surface area contributed by atoms with Gasteiger partial charge in [0.05, 0.1) is 0 Å². The first-order valence-electron chi connectivity index (χ1n) is 6.52. The molecular weight excluding hydrogens is 234 g/mol. The van der Waals surface area contributed by atoms with E-state index in [0.717, 1.165) is 18.1 Å². The molecule has 0 saturated heterocycles. The molecule has 3 heteroatoms. The van der Waals surface area contributed by atoms with E-state index in [0.29, 0.717) is 0 Å². The molecule has 3 nitrogen and oxygen atoms in total. The molecule has 0 radical (unpaired) electrons. The summed E-state index contributed by atoms with van der Waals surface area (Å²) in [4.78, 5) is 6.72. The summed E-state index contributed by atoms with van der Waals surface area (Å²) in [6, 6.07) is 10.6. The lowest BCUT2D eigenvalue weighted by Gasteiger charge is -2.21. The summed E-state index contributed by atoms with van der Waals surface area (Å²) in [5, 5.41) is 3.15. The van der Waals surface area contributed by atoms with Gasteiger partial charge in [0, 0.05) is 25.5 Å². The first kappa shape index (κ1) is 13.6. The summed E-state index contributed by atoms with van der Waals surface area (Å²) in [5.41, 5.74) is 4.82. The average molecular weight is 255 g/mol. The Balaban J connectivity index is 2.31. The lowest BCUT2D eigenvalue weighted by molar-refractivity contribution is 0.811. The highest BCUT2D eigenvalue weighted by molar-refractivity contribution is 5.62. The van der Waals surface area contributed by atoms with Gasteiger partial charge in [-0.25, -0.2) is 4.98 Å². The fourth-order valence-corrected chi connectivity index (χ4v) is 2.24. The molecule has 2 rings (SSSR count). The molecule has 0 atom stereocenters. The average Bonchev–Trinajstić information content (AvgIpc) is 2.38. The molecule has 0 spiro atoms. The predicted molar refractivity (Wildman–Crippen MR) is 81.0 cm³/mol. The van der Waals surface area contributed by atoms with Crippen molar-refractivity contribution in [2.75, 3.05) is 19.0 Å². The molecule has 0 saturated carbocycles. The number of pyridine rings is 1. The second kappa shape index (κ2) is 5.85. The van der Waals surface area contributed by atoms with Crippen molar-refractivity contribution in [1.82, 2.24) is 10.3 Å². The van der Waals surface area contributed by atoms with Gasteiger partial charge in [0.15, 0.2) is 0 Å². The molecule has 0 aliphatic heterocycles. The first-order valence-corrected chi connectivity index (χ1v) is 6.52. The van der Waals surface area contributed by atoms with E-state index in [-0.39, 0.29) is 0 Å². The third kappa shape index (κ3) is 3.12. The van der Waals surface area contributed by atoms with Crippen LogP contribution in [0.3, 0.4) is 0 Å². The van der Waals surface area contributed by atoms with Crippen LogP contribution in [0.15, 0.2) is 36.5 Å². The summed E-state index contributed by atoms with van der Waals surface area (Å²) in [6.07, 6.45) is 1.94. The van der Waals surface area contributed by atoms with Crippen molar-refractivity contribution < 1.29 is 0 Å². The Kier molecular flexibility index (Phi) is 4.17. The zero-order valence-corrected chi connectivity index (χ0v) is 12.1. The van der Waals surface area contributed by atoms with Gasteiger partial charge in [-0.2, -0.15) is 0 Å². The number of anilines is 2. The Bertz CT molecular complexity index is 564. The molecule has 1 aromatic carbocycles. The van der Waals surface area contributed by atoms with Crippen molar-refractivity contribution in [1.29, 1.82) is 0 Å². The molecule has 1 heterocycles. The molecule has 0 fully saturated rings. The first-order chi connectivity index (χ1) is 9.11. The van der Waals surface area contributed by atoms with Gasteiger partial charge in [0.25, 0.3) is 0 Å². The van der Waals surface area contributed by atoms with Crippen LogP contribution in [0.1, 0.15) is 16.7 Å². The van der Waals surface area contributed by atoms with Crippen molar-refractivity contribution >= 4 is 11.5 Å². The molecule has 0 amide bonds. The van der Waals surface area contributed by atoms with E-state index < -0.39 is 0 Å². The molecular formula is C16H21N3. The van der Waals surface area contributed by atoms with Gasteiger partial charge in [-0.05, 0) is 55.8 Å². The fraction of sp³-hybridized carbons (Fsp3) is 0.312. The van der Waals surface area contributed by atoms with Crippen LogP contribution in [-0.2, 0) is 6.54 Å². The second-order valence-corrected chi connectivity index (χ2v) is 4.91. The van der Waals surface area contributed by atoms with E-state index in [9.17, 15) is 0 Å². The third-order valence-corrected chi connectivity index (χ3v) is 3.19. The van der Waals surface area contributed by atoms with Gasteiger partial charge in [-0.15, -0.1) is 0 Å². The number of nitrogens with zero attached hydrogens (tertiary/aromatic N) is 2. The van der Waals surface area contributed by atoms with Crippen molar-refractivity contribution in [2.45, 2.75) is 20.4 Å². The van der Waals surface area contributed by atoms with Gasteiger partial charge in [-0.1, -0.05) is 12.1 Å². The van der Waals surface area contributed by atoms with Crippen LogP contribution in [0.5, 0.6) is 0 Å². The van der Waals surface area contributed by atoms with E-state index in [4.69, 9.17) is 0 Å². The molecule has 1 aromatic heterocycles. The summed E-state index contributed by atoms with van der Waals surface area (Å²) in [7, 11) is 4.00. The third-order valence-electron chi connectivity index (χ3n) is 3.19. The Morgan fingerprint density at radius 1 is 1.21 bits per heavy atom. The smallest absolute Gasteiger partial charge is 0.135 e. The quantitative estimate of drug-likeness (QED) is 0.909. The molecule has 1 N–H and O–H groups in total. The Morgan fingerprint density at radius 3 is 2.63 bits per heavy atom. The minimum absolute atomic E-state index is 0.849. The number of nitrogens with one attached hydrogen (secondary N) is 1. The van der Waals surface area contributed by atoms with Crippen molar-refractivity contribution in [3.05, 3.63) is 53.2 Å². The lowest BCUT2D eigenvalue weighted by Crippen LogP contribution is -2.14. The molecule has 0 unspecified atom stereocenters. The maximum absolute atomic E-state index is 4.59. The standard InChI is InChI=1S/C16H21N3/c1-12-6-5-7-15(8-12)19(4)16-13(2)9-14(10-17-3)11-18-16/h5-9,11,17H,10H2,1-4H3. The SMILES string of the molecule is CNCc1cnc(N(C)c2cccc(C)c2)c(C)c1. The van der Waals surface area contributed by atoms with E-state index in [1.54, 1.807) is 0 Å². The number of hydrogen-bond acceptors (Lipinski definition) is 3. The molecule has 2 aromatic rings. The highest BCUT2D eigenvalue weighted by Gasteiger charge is 2.09. The molecule has 19 heavy (non-hydrogen) atoms. The van der Waals surface area contributed by atoms with Gasteiger partial charge in [0.1, 0.15) is 5.82 Å². The Labute approximate surface area is 115 Å². The van der Waals surface area contributed by atoms with Crippen LogP contribution in [-0.4, -0.2) is 19.1 Å². The summed E-state index contributed by atoms with van der Waals surface area (Å²) < 4.78 is 0. The van der Waals surface area contributed by atoms with Crippen LogP contribution in [0.4, 0.5) is 11.5 Å². The van der Waals surface area contributed by atoms with Gasteiger partial charge in [-0.3, -0.25) is 0 Å². The van der Waals surface area contributed by atoms with Crippen LogP contribution in [0.25, 0.3) is 0 Å². The summed E-state index contributed by atoms with van der Waals surface area (Å²) >= 11 is 0. The summed E-state index contributed by atoms with van der Waals surface area (Å²) in [5.74, 6) is 1.01. The van der Waals surface area contributed by atoms with Gasteiger partial charge in [0.2, 0.25) is 0 Å². The van der Waals surface area contributed by atoms with Crippen LogP contribution < -0.4 is 10.2 Å². The highest BCUT2D eigenvalue weighted by Crippen LogP contribution is 2.25.